The number of hydrogen-bond donors (Lipinski definition) is 0. The topological polar surface area (TPSA) is 22.1 Å². The number of hydrogen-bond acceptors (Lipinski definition) is 1. The third-order valence-electron chi connectivity index (χ3n) is 1.76. The quantitative estimate of drug-likeness (QED) is 0.742. The molecule has 0 radical (unpaired) electrons. The molecule has 0 fully saturated rings. The first-order chi connectivity index (χ1) is 5.39. The fourth-order valence-electron chi connectivity index (χ4n) is 1.38. The van der Waals surface area contributed by atoms with Crippen LogP contribution in [0.3, 0.4) is 0 Å². The molecule has 8 heteroatoms. The lowest BCUT2D eigenvalue weighted by Crippen LogP contribution is -2.30. The molecule has 0 aliphatic carbocycles. The third-order valence-corrected chi connectivity index (χ3v) is 6.22. The van der Waals surface area contributed by atoms with Gasteiger partial charge in [0, 0.05) is 0 Å². The Kier molecular flexibility index (Phi) is 12.2. The summed E-state index contributed by atoms with van der Waals surface area (Å²) in [4.78, 5) is 0. The SMILES string of the molecule is CN(C)P(=NP)(N(C)C)N(C)C.Cl.Cl. The van der Waals surface area contributed by atoms with E-state index in [0.29, 0.717) is 0 Å². The van der Waals surface area contributed by atoms with E-state index in [9.17, 15) is 0 Å². The Morgan fingerprint density at radius 1 is 0.786 bits per heavy atom. The van der Waals surface area contributed by atoms with Gasteiger partial charge in [0.05, 0.1) is 0 Å². The van der Waals surface area contributed by atoms with Gasteiger partial charge in [-0.15, -0.1) is 24.8 Å². The molecule has 0 aliphatic rings. The van der Waals surface area contributed by atoms with Crippen molar-refractivity contribution in [1.29, 1.82) is 0 Å². The van der Waals surface area contributed by atoms with Crippen LogP contribution in [0.2, 0.25) is 0 Å². The van der Waals surface area contributed by atoms with Crippen LogP contribution in [-0.2, 0) is 0 Å². The Balaban J connectivity index is -0.000000605. The highest BCUT2D eigenvalue weighted by atomic mass is 35.5. The van der Waals surface area contributed by atoms with Crippen LogP contribution in [0.1, 0.15) is 0 Å². The Labute approximate surface area is 103 Å². The van der Waals surface area contributed by atoms with Gasteiger partial charge < -0.3 is 0 Å². The predicted octanol–water partition coefficient (Wildman–Crippen LogP) is 2.25. The standard InChI is InChI=1S/C6H20N4P2.2ClH/c1-8(2)12(7-11,9(3)4)10(5)6;;/h11H2,1-6H3;2*1H. The largest absolute Gasteiger partial charge is 0.252 e. The van der Waals surface area contributed by atoms with Crippen LogP contribution >= 0.6 is 41.7 Å². The summed E-state index contributed by atoms with van der Waals surface area (Å²) in [5.41, 5.74) is 0. The lowest BCUT2D eigenvalue weighted by atomic mass is 11.2. The van der Waals surface area contributed by atoms with Gasteiger partial charge in [-0.05, 0) is 51.7 Å². The summed E-state index contributed by atoms with van der Waals surface area (Å²) in [5.74, 6) is 0. The maximum atomic E-state index is 4.42. The second-order valence-electron chi connectivity index (χ2n) is 3.19. The Morgan fingerprint density at radius 2 is 1.00 bits per heavy atom. The molecule has 14 heavy (non-hydrogen) atoms. The van der Waals surface area contributed by atoms with Crippen molar-refractivity contribution in [2.45, 2.75) is 0 Å². The summed E-state index contributed by atoms with van der Waals surface area (Å²) < 4.78 is 10.9. The third kappa shape index (κ3) is 3.94. The zero-order valence-electron chi connectivity index (χ0n) is 9.63. The maximum absolute atomic E-state index is 4.42. The summed E-state index contributed by atoms with van der Waals surface area (Å²) in [7, 11) is 13.2. The van der Waals surface area contributed by atoms with E-state index in [1.54, 1.807) is 0 Å². The van der Waals surface area contributed by atoms with Crippen molar-refractivity contribution in [3.63, 3.8) is 0 Å². The van der Waals surface area contributed by atoms with Crippen molar-refractivity contribution < 1.29 is 0 Å². The molecule has 0 aromatic rings. The monoisotopic (exact) mass is 282 g/mol. The van der Waals surface area contributed by atoms with Gasteiger partial charge >= 0.3 is 0 Å². The van der Waals surface area contributed by atoms with Gasteiger partial charge in [0.15, 0.2) is 7.51 Å². The molecule has 0 saturated carbocycles. The summed E-state index contributed by atoms with van der Waals surface area (Å²) in [5, 5.41) is 0. The first-order valence-corrected chi connectivity index (χ1v) is 5.86. The fourth-order valence-corrected chi connectivity index (χ4v) is 6.01. The van der Waals surface area contributed by atoms with Gasteiger partial charge in [0.2, 0.25) is 0 Å². The van der Waals surface area contributed by atoms with Gasteiger partial charge in [0.25, 0.3) is 0 Å². The minimum Gasteiger partial charge on any atom is -0.252 e. The van der Waals surface area contributed by atoms with Crippen LogP contribution in [0.25, 0.3) is 0 Å². The van der Waals surface area contributed by atoms with Gasteiger partial charge in [0.1, 0.15) is 0 Å². The molecule has 0 spiro atoms. The van der Waals surface area contributed by atoms with E-state index in [0.717, 1.165) is 0 Å². The lowest BCUT2D eigenvalue weighted by molar-refractivity contribution is 0.476. The van der Waals surface area contributed by atoms with E-state index in [1.165, 1.54) is 0 Å². The molecule has 0 heterocycles. The minimum absolute atomic E-state index is 0. The first kappa shape index (κ1) is 20.5. The Hall–Kier alpha value is 1.12. The molecule has 0 aromatic carbocycles. The molecular weight excluding hydrogens is 261 g/mol. The van der Waals surface area contributed by atoms with Gasteiger partial charge in [-0.25, -0.2) is 4.52 Å². The molecule has 0 N–H and O–H groups in total. The average molecular weight is 283 g/mol. The van der Waals surface area contributed by atoms with Crippen molar-refractivity contribution in [2.75, 3.05) is 42.3 Å². The van der Waals surface area contributed by atoms with E-state index in [2.05, 4.69) is 70.2 Å². The first-order valence-electron chi connectivity index (χ1n) is 3.74. The van der Waals surface area contributed by atoms with Crippen molar-refractivity contribution >= 4 is 41.7 Å². The fraction of sp³-hybridized carbons (Fsp3) is 1.00. The summed E-state index contributed by atoms with van der Waals surface area (Å²) in [6.07, 6.45) is 0. The number of rotatable bonds is 3. The smallest absolute Gasteiger partial charge is 0.169 e. The molecule has 0 amide bonds. The van der Waals surface area contributed by atoms with Gasteiger partial charge in [-0.3, -0.25) is 14.0 Å². The predicted molar refractivity (Wildman–Crippen MR) is 74.6 cm³/mol. The zero-order valence-corrected chi connectivity index (χ0v) is 13.3. The van der Waals surface area contributed by atoms with Crippen LogP contribution in [0.15, 0.2) is 4.52 Å². The Bertz CT molecular complexity index is 168. The van der Waals surface area contributed by atoms with Crippen molar-refractivity contribution in [2.24, 2.45) is 4.52 Å². The Morgan fingerprint density at radius 3 is 1.00 bits per heavy atom. The number of halogens is 2. The maximum Gasteiger partial charge on any atom is 0.169 e. The van der Waals surface area contributed by atoms with Crippen LogP contribution in [0, 0.1) is 0 Å². The van der Waals surface area contributed by atoms with Crippen LogP contribution in [-0.4, -0.2) is 56.3 Å². The normalized spacial score (nSPS) is 11.3. The highest BCUT2D eigenvalue weighted by Gasteiger charge is 2.26. The molecule has 1 atom stereocenters. The van der Waals surface area contributed by atoms with E-state index in [4.69, 9.17) is 0 Å². The molecular formula is C6H22Cl2N4P2. The van der Waals surface area contributed by atoms with Crippen molar-refractivity contribution in [3.05, 3.63) is 0 Å². The molecule has 0 rings (SSSR count). The lowest BCUT2D eigenvalue weighted by Gasteiger charge is -2.40. The summed E-state index contributed by atoms with van der Waals surface area (Å²) in [6.45, 7) is 0. The highest BCUT2D eigenvalue weighted by Crippen LogP contribution is 2.55. The second-order valence-corrected chi connectivity index (χ2v) is 7.59. The van der Waals surface area contributed by atoms with E-state index in [-0.39, 0.29) is 24.8 Å². The summed E-state index contributed by atoms with van der Waals surface area (Å²) >= 11 is 0. The van der Waals surface area contributed by atoms with Crippen LogP contribution in [0.5, 0.6) is 0 Å². The van der Waals surface area contributed by atoms with Gasteiger partial charge in [-0.2, -0.15) is 0 Å². The van der Waals surface area contributed by atoms with Crippen LogP contribution in [0.4, 0.5) is 0 Å². The highest BCUT2D eigenvalue weighted by molar-refractivity contribution is 7.61. The number of nitrogens with zero attached hydrogens (tertiary/aromatic N) is 4. The molecule has 1 unspecified atom stereocenters. The minimum atomic E-state index is -1.60. The molecule has 4 nitrogen and oxygen atoms in total. The molecule has 0 bridgehead atoms. The molecule has 90 valence electrons. The zero-order chi connectivity index (χ0) is 9.94. The summed E-state index contributed by atoms with van der Waals surface area (Å²) in [6, 6.07) is 0. The van der Waals surface area contributed by atoms with Crippen molar-refractivity contribution in [3.8, 4) is 0 Å². The van der Waals surface area contributed by atoms with E-state index in [1.807, 2.05) is 0 Å². The molecule has 0 aliphatic heterocycles. The van der Waals surface area contributed by atoms with Crippen molar-refractivity contribution in [1.82, 2.24) is 14.0 Å². The van der Waals surface area contributed by atoms with Crippen LogP contribution < -0.4 is 0 Å². The molecule has 0 saturated heterocycles. The van der Waals surface area contributed by atoms with E-state index >= 15 is 0 Å². The second kappa shape index (κ2) is 8.29. The van der Waals surface area contributed by atoms with E-state index < -0.39 is 7.51 Å². The average Bonchev–Trinajstić information content (AvgIpc) is 1.86. The van der Waals surface area contributed by atoms with Gasteiger partial charge in [-0.1, -0.05) is 0 Å². The molecule has 0 aromatic heterocycles.